The number of hydrogen-bond acceptors (Lipinski definition) is 6. The van der Waals surface area contributed by atoms with Gasteiger partial charge in [0.1, 0.15) is 17.3 Å². The number of thiocarbonyl (C=S) groups is 1. The summed E-state index contributed by atoms with van der Waals surface area (Å²) in [4.78, 5) is 26.0. The van der Waals surface area contributed by atoms with Gasteiger partial charge in [-0.05, 0) is 54.6 Å². The van der Waals surface area contributed by atoms with Gasteiger partial charge in [0, 0.05) is 11.6 Å². The van der Waals surface area contributed by atoms with Crippen molar-refractivity contribution in [3.63, 3.8) is 0 Å². The van der Waals surface area contributed by atoms with Gasteiger partial charge in [-0.2, -0.15) is 0 Å². The smallest absolute Gasteiger partial charge is 0.335 e. The topological polar surface area (TPSA) is 80.0 Å². The molecule has 2 aromatic carbocycles. The van der Waals surface area contributed by atoms with Gasteiger partial charge in [0.25, 0.3) is 5.91 Å². The Morgan fingerprint density at radius 3 is 2.61 bits per heavy atom. The van der Waals surface area contributed by atoms with Crippen molar-refractivity contribution in [1.29, 1.82) is 0 Å². The highest BCUT2D eigenvalue weighted by Gasteiger charge is 2.33. The monoisotopic (exact) mass is 471 g/mol. The molecule has 1 fully saturated rings. The molecule has 2 heterocycles. The minimum absolute atomic E-state index is 0.0951. The van der Waals surface area contributed by atoms with E-state index in [1.165, 1.54) is 34.9 Å². The first-order valence-corrected chi connectivity index (χ1v) is 10.5. The largest absolute Gasteiger partial charge is 0.497 e. The predicted molar refractivity (Wildman–Crippen MR) is 125 cm³/mol. The van der Waals surface area contributed by atoms with Crippen LogP contribution in [-0.4, -0.2) is 28.4 Å². The standard InChI is InChI=1S/C22H14ClNO5S2/c1-28-14-5-3-13(4-6-14)24-20(25)19(31-22(24)30)11-15-7-9-18(29-15)16-10-12(21(26)27)2-8-17(16)23/h2-11H,1H3,(H,26,27)/b19-11+. The number of hydrogen-bond donors (Lipinski definition) is 1. The van der Waals surface area contributed by atoms with Gasteiger partial charge in [-0.25, -0.2) is 4.79 Å². The third-order valence-electron chi connectivity index (χ3n) is 4.50. The second kappa shape index (κ2) is 8.58. The number of carbonyl (C=O) groups excluding carboxylic acids is 1. The van der Waals surface area contributed by atoms with E-state index in [2.05, 4.69) is 0 Å². The summed E-state index contributed by atoms with van der Waals surface area (Å²) in [5.41, 5.74) is 1.19. The molecule has 156 valence electrons. The van der Waals surface area contributed by atoms with Crippen LogP contribution in [0.3, 0.4) is 0 Å². The van der Waals surface area contributed by atoms with Gasteiger partial charge < -0.3 is 14.3 Å². The number of amides is 1. The van der Waals surface area contributed by atoms with Gasteiger partial charge in [-0.3, -0.25) is 9.69 Å². The number of methoxy groups -OCH3 is 1. The van der Waals surface area contributed by atoms with Crippen molar-refractivity contribution < 1.29 is 23.8 Å². The van der Waals surface area contributed by atoms with Gasteiger partial charge in [0.05, 0.1) is 28.3 Å². The van der Waals surface area contributed by atoms with Gasteiger partial charge >= 0.3 is 5.97 Å². The number of benzene rings is 2. The van der Waals surface area contributed by atoms with E-state index in [9.17, 15) is 14.7 Å². The fraction of sp³-hybridized carbons (Fsp3) is 0.0455. The highest BCUT2D eigenvalue weighted by molar-refractivity contribution is 8.27. The van der Waals surface area contributed by atoms with Crippen molar-refractivity contribution in [3.8, 4) is 17.1 Å². The summed E-state index contributed by atoms with van der Waals surface area (Å²) < 4.78 is 11.4. The number of thioether (sulfide) groups is 1. The Bertz CT molecular complexity index is 1230. The molecule has 0 spiro atoms. The lowest BCUT2D eigenvalue weighted by Gasteiger charge is -2.14. The molecule has 9 heteroatoms. The summed E-state index contributed by atoms with van der Waals surface area (Å²) in [7, 11) is 1.57. The molecule has 1 aromatic heterocycles. The molecule has 4 rings (SSSR count). The molecule has 1 N–H and O–H groups in total. The molecular weight excluding hydrogens is 458 g/mol. The maximum absolute atomic E-state index is 12.9. The Labute approximate surface area is 192 Å². The van der Waals surface area contributed by atoms with Gasteiger partial charge in [-0.1, -0.05) is 35.6 Å². The van der Waals surface area contributed by atoms with Crippen LogP contribution in [-0.2, 0) is 4.79 Å². The number of furan rings is 1. The highest BCUT2D eigenvalue weighted by Crippen LogP contribution is 2.37. The maximum Gasteiger partial charge on any atom is 0.335 e. The Kier molecular flexibility index (Phi) is 5.86. The average molecular weight is 472 g/mol. The molecule has 1 saturated heterocycles. The second-order valence-electron chi connectivity index (χ2n) is 6.42. The maximum atomic E-state index is 12.9. The number of aromatic carboxylic acids is 1. The zero-order valence-electron chi connectivity index (χ0n) is 16.0. The highest BCUT2D eigenvalue weighted by atomic mass is 35.5. The first-order valence-electron chi connectivity index (χ1n) is 8.92. The van der Waals surface area contributed by atoms with Gasteiger partial charge in [0.15, 0.2) is 4.32 Å². The molecule has 0 aliphatic carbocycles. The van der Waals surface area contributed by atoms with Crippen LogP contribution >= 0.6 is 35.6 Å². The lowest BCUT2D eigenvalue weighted by Crippen LogP contribution is -2.27. The molecule has 0 radical (unpaired) electrons. The summed E-state index contributed by atoms with van der Waals surface area (Å²) in [6, 6.07) is 14.7. The Balaban J connectivity index is 1.61. The SMILES string of the molecule is COc1ccc(N2C(=O)/C(=C\c3ccc(-c4cc(C(=O)O)ccc4Cl)o3)SC2=S)cc1. The van der Waals surface area contributed by atoms with E-state index in [1.54, 1.807) is 49.6 Å². The molecule has 1 aliphatic heterocycles. The van der Waals surface area contributed by atoms with Crippen LogP contribution in [0.1, 0.15) is 16.1 Å². The van der Waals surface area contributed by atoms with Crippen LogP contribution in [0, 0.1) is 0 Å². The van der Waals surface area contributed by atoms with E-state index in [0.717, 1.165) is 0 Å². The number of ether oxygens (including phenoxy) is 1. The van der Waals surface area contributed by atoms with E-state index in [4.69, 9.17) is 33.0 Å². The Morgan fingerprint density at radius 2 is 1.94 bits per heavy atom. The zero-order valence-corrected chi connectivity index (χ0v) is 18.4. The lowest BCUT2D eigenvalue weighted by molar-refractivity contribution is -0.113. The van der Waals surface area contributed by atoms with Crippen LogP contribution in [0.2, 0.25) is 5.02 Å². The van der Waals surface area contributed by atoms with E-state index >= 15 is 0 Å². The number of nitrogens with zero attached hydrogens (tertiary/aromatic N) is 1. The van der Waals surface area contributed by atoms with E-state index in [-0.39, 0.29) is 11.5 Å². The fourth-order valence-corrected chi connectivity index (χ4v) is 4.46. The van der Waals surface area contributed by atoms with Crippen LogP contribution in [0.4, 0.5) is 5.69 Å². The number of halogens is 1. The van der Waals surface area contributed by atoms with Gasteiger partial charge in [-0.15, -0.1) is 0 Å². The minimum Gasteiger partial charge on any atom is -0.497 e. The molecule has 0 bridgehead atoms. The van der Waals surface area contributed by atoms with Crippen molar-refractivity contribution in [2.45, 2.75) is 0 Å². The van der Waals surface area contributed by atoms with Crippen molar-refractivity contribution >= 4 is 63.5 Å². The zero-order chi connectivity index (χ0) is 22.1. The van der Waals surface area contributed by atoms with Crippen molar-refractivity contribution in [3.05, 3.63) is 75.8 Å². The predicted octanol–water partition coefficient (Wildman–Crippen LogP) is 5.71. The van der Waals surface area contributed by atoms with E-state index < -0.39 is 5.97 Å². The second-order valence-corrected chi connectivity index (χ2v) is 8.50. The Hall–Kier alpha value is -3.07. The summed E-state index contributed by atoms with van der Waals surface area (Å²) in [5, 5.41) is 9.55. The third kappa shape index (κ3) is 4.23. The third-order valence-corrected chi connectivity index (χ3v) is 6.13. The number of carbonyl (C=O) groups is 2. The summed E-state index contributed by atoms with van der Waals surface area (Å²) in [6.45, 7) is 0. The van der Waals surface area contributed by atoms with E-state index in [1.807, 2.05) is 0 Å². The lowest BCUT2D eigenvalue weighted by atomic mass is 10.1. The first-order chi connectivity index (χ1) is 14.9. The van der Waals surface area contributed by atoms with Gasteiger partial charge in [0.2, 0.25) is 0 Å². The molecule has 31 heavy (non-hydrogen) atoms. The number of carboxylic acids is 1. The molecule has 0 unspecified atom stereocenters. The summed E-state index contributed by atoms with van der Waals surface area (Å²) in [5.74, 6) is 0.168. The van der Waals surface area contributed by atoms with Crippen LogP contribution < -0.4 is 9.64 Å². The minimum atomic E-state index is -1.06. The normalized spacial score (nSPS) is 15.0. The number of anilines is 1. The van der Waals surface area contributed by atoms with Crippen LogP contribution in [0.5, 0.6) is 5.75 Å². The van der Waals surface area contributed by atoms with Crippen LogP contribution in [0.25, 0.3) is 17.4 Å². The summed E-state index contributed by atoms with van der Waals surface area (Å²) >= 11 is 12.8. The quantitative estimate of drug-likeness (QED) is 0.377. The molecule has 0 saturated carbocycles. The Morgan fingerprint density at radius 1 is 1.19 bits per heavy atom. The number of carboxylic acid groups (broad SMARTS) is 1. The first kappa shape index (κ1) is 21.2. The van der Waals surface area contributed by atoms with Crippen molar-refractivity contribution in [2.75, 3.05) is 12.0 Å². The average Bonchev–Trinajstić information content (AvgIpc) is 3.32. The van der Waals surface area contributed by atoms with Crippen LogP contribution in [0.15, 0.2) is 63.9 Å². The molecular formula is C22H14ClNO5S2. The number of rotatable bonds is 5. The molecule has 3 aromatic rings. The van der Waals surface area contributed by atoms with Crippen molar-refractivity contribution in [2.24, 2.45) is 0 Å². The summed E-state index contributed by atoms with van der Waals surface area (Å²) in [6.07, 6.45) is 1.60. The van der Waals surface area contributed by atoms with Crippen molar-refractivity contribution in [1.82, 2.24) is 0 Å². The fourth-order valence-electron chi connectivity index (χ4n) is 2.97. The van der Waals surface area contributed by atoms with E-state index in [0.29, 0.717) is 42.8 Å². The molecule has 1 aliphatic rings. The molecule has 1 amide bonds. The molecule has 0 atom stereocenters. The molecule has 6 nitrogen and oxygen atoms in total.